The van der Waals surface area contributed by atoms with E-state index in [2.05, 4.69) is 36.3 Å². The Morgan fingerprint density at radius 2 is 1.72 bits per heavy atom. The normalized spacial score (nSPS) is 19.7. The number of hydrogen-bond donors (Lipinski definition) is 6. The van der Waals surface area contributed by atoms with Crippen LogP contribution in [0.1, 0.15) is 55.4 Å². The monoisotopic (exact) mass is 554 g/mol. The number of halogens is 1. The van der Waals surface area contributed by atoms with Crippen LogP contribution in [0.15, 0.2) is 30.6 Å². The third kappa shape index (κ3) is 6.73. The molecule has 0 aliphatic heterocycles. The Labute approximate surface area is 229 Å². The Balaban J connectivity index is 1.28. The fourth-order valence-electron chi connectivity index (χ4n) is 4.63. The second-order valence-electron chi connectivity index (χ2n) is 10.0. The predicted molar refractivity (Wildman–Crippen MR) is 146 cm³/mol. The topological polar surface area (TPSA) is 194 Å². The number of fused-ring (bicyclic) bond motifs is 1. The van der Waals surface area contributed by atoms with Gasteiger partial charge in [-0.15, -0.1) is 5.10 Å². The number of nitrogens with zero attached hydrogens (tertiary/aromatic N) is 4. The maximum atomic E-state index is 13.1. The molecule has 2 aliphatic carbocycles. The minimum absolute atomic E-state index is 0.0253. The van der Waals surface area contributed by atoms with Crippen molar-refractivity contribution in [2.24, 2.45) is 11.5 Å². The number of amides is 3. The molecule has 3 aromatic heterocycles. The lowest BCUT2D eigenvalue weighted by molar-refractivity contribution is -0.127. The summed E-state index contributed by atoms with van der Waals surface area (Å²) in [5.41, 5.74) is 13.0. The Morgan fingerprint density at radius 1 is 1.03 bits per heavy atom. The van der Waals surface area contributed by atoms with E-state index in [4.69, 9.17) is 23.1 Å². The number of hydrogen-bond acceptors (Lipinski definition) is 9. The molecular formula is C25H31ClN10O3. The van der Waals surface area contributed by atoms with Crippen LogP contribution in [0.5, 0.6) is 0 Å². The molecule has 8 N–H and O–H groups in total. The van der Waals surface area contributed by atoms with E-state index in [1.165, 1.54) is 16.9 Å². The minimum Gasteiger partial charge on any atom is -0.379 e. The summed E-state index contributed by atoms with van der Waals surface area (Å²) >= 11 is 5.95. The third-order valence-corrected chi connectivity index (χ3v) is 7.01. The second-order valence-corrected chi connectivity index (χ2v) is 10.4. The van der Waals surface area contributed by atoms with Gasteiger partial charge in [-0.1, -0.05) is 11.6 Å². The van der Waals surface area contributed by atoms with E-state index in [0.29, 0.717) is 23.2 Å². The van der Waals surface area contributed by atoms with Gasteiger partial charge in [0.05, 0.1) is 24.3 Å². The molecular weight excluding hydrogens is 524 g/mol. The van der Waals surface area contributed by atoms with Crippen molar-refractivity contribution in [3.63, 3.8) is 0 Å². The SMILES string of the molecule is NC(=O)C[C@@H](N)C(=O)N[C@H]1CC[C@H](Nc2cc(NC3CC3)c3ncc(C(=O)Nc4ccnc(Cl)c4)n3n2)CC1. The molecule has 0 spiro atoms. The van der Waals surface area contributed by atoms with Gasteiger partial charge in [-0.3, -0.25) is 14.4 Å². The van der Waals surface area contributed by atoms with Crippen molar-refractivity contribution >= 4 is 52.2 Å². The summed E-state index contributed by atoms with van der Waals surface area (Å²) in [6.45, 7) is 0. The van der Waals surface area contributed by atoms with Gasteiger partial charge in [0.25, 0.3) is 5.91 Å². The van der Waals surface area contributed by atoms with Crippen LogP contribution in [-0.2, 0) is 9.59 Å². The first-order valence-corrected chi connectivity index (χ1v) is 13.3. The zero-order valence-corrected chi connectivity index (χ0v) is 21.9. The predicted octanol–water partition coefficient (Wildman–Crippen LogP) is 1.65. The number of anilines is 3. The highest BCUT2D eigenvalue weighted by atomic mass is 35.5. The molecule has 3 amide bonds. The van der Waals surface area contributed by atoms with Gasteiger partial charge in [0.1, 0.15) is 11.0 Å². The fraction of sp³-hybridized carbons (Fsp3) is 0.440. The number of imidazole rings is 1. The summed E-state index contributed by atoms with van der Waals surface area (Å²) in [6, 6.07) is 4.66. The van der Waals surface area contributed by atoms with Crippen molar-refractivity contribution in [1.82, 2.24) is 24.9 Å². The summed E-state index contributed by atoms with van der Waals surface area (Å²) in [7, 11) is 0. The molecule has 3 heterocycles. The lowest BCUT2D eigenvalue weighted by Crippen LogP contribution is -2.48. The average molecular weight is 555 g/mol. The van der Waals surface area contributed by atoms with Gasteiger partial charge in [0, 0.05) is 36.1 Å². The molecule has 0 aromatic carbocycles. The maximum Gasteiger partial charge on any atom is 0.276 e. The number of carbonyl (C=O) groups is 3. The average Bonchev–Trinajstić information content (AvgIpc) is 3.60. The summed E-state index contributed by atoms with van der Waals surface area (Å²) in [6.07, 6.45) is 8.06. The Kier molecular flexibility index (Phi) is 7.79. The molecule has 13 nitrogen and oxygen atoms in total. The van der Waals surface area contributed by atoms with Crippen LogP contribution < -0.4 is 32.7 Å². The van der Waals surface area contributed by atoms with Crippen LogP contribution in [0, 0.1) is 0 Å². The first kappa shape index (κ1) is 26.6. The molecule has 0 saturated heterocycles. The number of carbonyl (C=O) groups excluding carboxylic acids is 3. The molecule has 0 radical (unpaired) electrons. The first-order valence-electron chi connectivity index (χ1n) is 12.9. The second kappa shape index (κ2) is 11.4. The van der Waals surface area contributed by atoms with Gasteiger partial charge in [-0.25, -0.2) is 14.5 Å². The number of nitrogens with one attached hydrogen (secondary N) is 4. The molecule has 5 rings (SSSR count). The minimum atomic E-state index is -0.941. The molecule has 0 unspecified atom stereocenters. The highest BCUT2D eigenvalue weighted by Gasteiger charge is 2.27. The van der Waals surface area contributed by atoms with Crippen molar-refractivity contribution in [2.75, 3.05) is 16.0 Å². The molecule has 39 heavy (non-hydrogen) atoms. The van der Waals surface area contributed by atoms with E-state index >= 15 is 0 Å². The zero-order chi connectivity index (χ0) is 27.5. The smallest absolute Gasteiger partial charge is 0.276 e. The maximum absolute atomic E-state index is 13.1. The van der Waals surface area contributed by atoms with E-state index in [-0.39, 0.29) is 41.2 Å². The lowest BCUT2D eigenvalue weighted by Gasteiger charge is -2.30. The standard InChI is InChI=1S/C25H31ClN10O3/c26-20-9-16(7-8-29-20)34-25(39)19-12-30-23-18(31-13-1-2-13)11-22(35-36(19)23)32-14-3-5-15(6-4-14)33-24(38)17(27)10-21(28)37/h7-9,11-15,17,31H,1-6,10,27H2,(H2,28,37)(H,32,35)(H,33,38)(H,29,34,39)/t14-,15-,17-/m1/s1. The Bertz CT molecular complexity index is 1380. The van der Waals surface area contributed by atoms with Gasteiger partial charge in [-0.2, -0.15) is 0 Å². The number of aromatic nitrogens is 4. The molecule has 1 atom stereocenters. The summed E-state index contributed by atoms with van der Waals surface area (Å²) in [5.74, 6) is -0.739. The van der Waals surface area contributed by atoms with Gasteiger partial charge in [-0.05, 0) is 50.7 Å². The van der Waals surface area contributed by atoms with Crippen molar-refractivity contribution in [3.8, 4) is 0 Å². The van der Waals surface area contributed by atoms with Crippen LogP contribution in [0.2, 0.25) is 5.15 Å². The van der Waals surface area contributed by atoms with E-state index in [9.17, 15) is 14.4 Å². The van der Waals surface area contributed by atoms with E-state index in [1.54, 1.807) is 12.1 Å². The van der Waals surface area contributed by atoms with Crippen LogP contribution >= 0.6 is 11.6 Å². The number of nitrogens with two attached hydrogens (primary N) is 2. The molecule has 3 aromatic rings. The van der Waals surface area contributed by atoms with E-state index < -0.39 is 11.9 Å². The van der Waals surface area contributed by atoms with Crippen molar-refractivity contribution in [2.45, 2.75) is 69.1 Å². The Morgan fingerprint density at radius 3 is 2.41 bits per heavy atom. The zero-order valence-electron chi connectivity index (χ0n) is 21.2. The number of pyridine rings is 1. The highest BCUT2D eigenvalue weighted by molar-refractivity contribution is 6.29. The van der Waals surface area contributed by atoms with E-state index in [0.717, 1.165) is 44.2 Å². The molecule has 206 valence electrons. The van der Waals surface area contributed by atoms with E-state index in [1.807, 2.05) is 6.07 Å². The molecule has 14 heteroatoms. The first-order chi connectivity index (χ1) is 18.7. The van der Waals surface area contributed by atoms with Crippen LogP contribution in [0.3, 0.4) is 0 Å². The van der Waals surface area contributed by atoms with Crippen LogP contribution in [0.25, 0.3) is 5.65 Å². The highest BCUT2D eigenvalue weighted by Crippen LogP contribution is 2.30. The molecule has 2 aliphatic rings. The van der Waals surface area contributed by atoms with Crippen LogP contribution in [0.4, 0.5) is 17.2 Å². The van der Waals surface area contributed by atoms with Crippen molar-refractivity contribution < 1.29 is 14.4 Å². The summed E-state index contributed by atoms with van der Waals surface area (Å²) in [5, 5.41) is 17.7. The Hall–Kier alpha value is -3.97. The third-order valence-electron chi connectivity index (χ3n) is 6.81. The number of rotatable bonds is 10. The molecule has 2 fully saturated rings. The summed E-state index contributed by atoms with van der Waals surface area (Å²) in [4.78, 5) is 44.8. The van der Waals surface area contributed by atoms with Crippen LogP contribution in [-0.4, -0.2) is 61.5 Å². The van der Waals surface area contributed by atoms with Crippen molar-refractivity contribution in [1.29, 1.82) is 0 Å². The molecule has 2 saturated carbocycles. The number of primary amides is 1. The largest absolute Gasteiger partial charge is 0.379 e. The lowest BCUT2D eigenvalue weighted by atomic mass is 9.91. The van der Waals surface area contributed by atoms with Crippen molar-refractivity contribution in [3.05, 3.63) is 41.4 Å². The van der Waals surface area contributed by atoms with Gasteiger partial charge in [0.15, 0.2) is 11.3 Å². The quantitative estimate of drug-likeness (QED) is 0.202. The van der Waals surface area contributed by atoms with Gasteiger partial charge >= 0.3 is 0 Å². The fourth-order valence-corrected chi connectivity index (χ4v) is 4.81. The molecule has 0 bridgehead atoms. The van der Waals surface area contributed by atoms with Gasteiger partial charge < -0.3 is 32.7 Å². The van der Waals surface area contributed by atoms with Gasteiger partial charge in [0.2, 0.25) is 11.8 Å². The summed E-state index contributed by atoms with van der Waals surface area (Å²) < 4.78 is 1.54.